The van der Waals surface area contributed by atoms with E-state index in [1.54, 1.807) is 12.1 Å². The molecule has 80 heavy (non-hydrogen) atoms. The minimum atomic E-state index is -0.355. The van der Waals surface area contributed by atoms with Gasteiger partial charge in [-0.1, -0.05) is 243 Å². The van der Waals surface area contributed by atoms with Crippen molar-refractivity contribution in [3.05, 3.63) is 315 Å². The van der Waals surface area contributed by atoms with E-state index < -0.39 is 0 Å². The maximum atomic E-state index is 18.2. The van der Waals surface area contributed by atoms with Gasteiger partial charge in [-0.05, 0) is 138 Å². The largest absolute Gasteiger partial charge is 0.307 e. The van der Waals surface area contributed by atoms with Gasteiger partial charge >= 0.3 is 0 Å². The summed E-state index contributed by atoms with van der Waals surface area (Å²) in [5, 5.41) is 5.98. The van der Waals surface area contributed by atoms with E-state index in [4.69, 9.17) is 0 Å². The molecule has 0 aliphatic carbocycles. The molecule has 0 heterocycles. The molecule has 0 saturated carbocycles. The average molecular weight is 1030 g/mol. The summed E-state index contributed by atoms with van der Waals surface area (Å²) in [5.74, 6) is -0.711. The highest BCUT2D eigenvalue weighted by molar-refractivity contribution is 6.28. The molecule has 378 valence electrons. The first-order valence-corrected chi connectivity index (χ1v) is 27.0. The summed E-state index contributed by atoms with van der Waals surface area (Å²) in [4.78, 5) is 4.23. The van der Waals surface area contributed by atoms with Crippen LogP contribution >= 0.6 is 0 Å². The zero-order valence-electron chi connectivity index (χ0n) is 43.5. The summed E-state index contributed by atoms with van der Waals surface area (Å²) < 4.78 is 36.3. The van der Waals surface area contributed by atoms with E-state index in [2.05, 4.69) is 168 Å². The molecule has 0 amide bonds. The van der Waals surface area contributed by atoms with Crippen molar-refractivity contribution in [3.8, 4) is 66.8 Å². The Morgan fingerprint density at radius 3 is 0.875 bits per heavy atom. The van der Waals surface area contributed by atoms with Gasteiger partial charge in [0.05, 0.1) is 22.7 Å². The summed E-state index contributed by atoms with van der Waals surface area (Å²) in [6, 6.07) is 103. The highest BCUT2D eigenvalue weighted by Gasteiger charge is 2.29. The van der Waals surface area contributed by atoms with Crippen LogP contribution in [0.25, 0.3) is 99.1 Å². The van der Waals surface area contributed by atoms with Gasteiger partial charge in [-0.2, -0.15) is 0 Å². The molecule has 14 rings (SSSR count). The van der Waals surface area contributed by atoms with Crippen LogP contribution in [0.5, 0.6) is 0 Å². The van der Waals surface area contributed by atoms with Crippen molar-refractivity contribution < 1.29 is 8.78 Å². The van der Waals surface area contributed by atoms with Crippen molar-refractivity contribution in [1.29, 1.82) is 0 Å². The van der Waals surface area contributed by atoms with Crippen molar-refractivity contribution >= 4 is 66.4 Å². The van der Waals surface area contributed by atoms with E-state index in [-0.39, 0.29) is 11.6 Å². The third-order valence-electron chi connectivity index (χ3n) is 15.5. The van der Waals surface area contributed by atoms with Gasteiger partial charge in [0, 0.05) is 33.3 Å². The first-order valence-electron chi connectivity index (χ1n) is 27.0. The molecule has 0 N–H and O–H groups in total. The quantitative estimate of drug-likeness (QED) is 0.113. The Hall–Kier alpha value is -10.4. The summed E-state index contributed by atoms with van der Waals surface area (Å²) in [5.41, 5.74) is 14.9. The van der Waals surface area contributed by atoms with Gasteiger partial charge in [0.25, 0.3) is 0 Å². The lowest BCUT2D eigenvalue weighted by Crippen LogP contribution is -2.15. The van der Waals surface area contributed by atoms with Crippen LogP contribution in [0, 0.1) is 11.6 Å². The average Bonchev–Trinajstić information content (AvgIpc) is 3.69. The van der Waals surface area contributed by atoms with Crippen LogP contribution in [0.4, 0.5) is 42.9 Å². The smallest absolute Gasteiger partial charge is 0.148 e. The van der Waals surface area contributed by atoms with Crippen LogP contribution in [0.2, 0.25) is 0 Å². The third-order valence-corrected chi connectivity index (χ3v) is 15.5. The molecule has 0 atom stereocenters. The summed E-state index contributed by atoms with van der Waals surface area (Å²) in [6.07, 6.45) is 0. The van der Waals surface area contributed by atoms with Crippen molar-refractivity contribution in [2.45, 2.75) is 0 Å². The maximum absolute atomic E-state index is 18.2. The van der Waals surface area contributed by atoms with Crippen LogP contribution in [0.1, 0.15) is 0 Å². The van der Waals surface area contributed by atoms with Crippen LogP contribution in [0.3, 0.4) is 0 Å². The molecule has 0 saturated heterocycles. The minimum absolute atomic E-state index is 0.355. The van der Waals surface area contributed by atoms with Gasteiger partial charge in [0.2, 0.25) is 0 Å². The number of anilines is 6. The van der Waals surface area contributed by atoms with Crippen LogP contribution in [0.15, 0.2) is 303 Å². The van der Waals surface area contributed by atoms with Crippen LogP contribution in [-0.4, -0.2) is 0 Å². The van der Waals surface area contributed by atoms with E-state index in [9.17, 15) is 0 Å². The molecular weight excluding hydrogens is 979 g/mol. The van der Waals surface area contributed by atoms with Gasteiger partial charge in [0.15, 0.2) is 0 Å². The molecule has 14 aromatic rings. The number of rotatable bonds is 12. The zero-order chi connectivity index (χ0) is 53.5. The minimum Gasteiger partial charge on any atom is -0.307 e. The van der Waals surface area contributed by atoms with E-state index >= 15 is 8.78 Å². The van der Waals surface area contributed by atoms with Crippen molar-refractivity contribution in [1.82, 2.24) is 0 Å². The fourth-order valence-corrected chi connectivity index (χ4v) is 11.8. The summed E-state index contributed by atoms with van der Waals surface area (Å²) in [6.45, 7) is 0. The molecule has 0 bridgehead atoms. The molecular formula is C76H50F2N2. The molecule has 0 aromatic heterocycles. The number of hydrogen-bond acceptors (Lipinski definition) is 2. The standard InChI is InChI=1S/C76H50F2N2/c77-69-49-61(53-25-11-3-12-26-53)47-67(55-29-15-5-16-30-55)75(69)79(63-35-19-33-59(45-63)51-21-7-1-8-22-51)71-43-39-57-38-42-66-72(44-40-58-37-41-65(71)73(57)74(58)66)80(64-36-20-34-60(46-64)52-23-9-2-10-24-52)76-68(56-31-17-6-18-32-56)48-62(50-70(76)78)54-27-13-4-14-28-54/h1-50H. The van der Waals surface area contributed by atoms with E-state index in [1.165, 1.54) is 0 Å². The predicted molar refractivity (Wildman–Crippen MR) is 332 cm³/mol. The van der Waals surface area contributed by atoms with Crippen molar-refractivity contribution in [2.75, 3.05) is 9.80 Å². The topological polar surface area (TPSA) is 6.48 Å². The predicted octanol–water partition coefficient (Wildman–Crippen LogP) is 21.8. The number of nitrogens with zero attached hydrogens (tertiary/aromatic N) is 2. The first kappa shape index (κ1) is 48.0. The monoisotopic (exact) mass is 1030 g/mol. The second-order valence-electron chi connectivity index (χ2n) is 20.3. The molecule has 0 spiro atoms. The Morgan fingerprint density at radius 1 is 0.225 bits per heavy atom. The normalized spacial score (nSPS) is 11.4. The molecule has 0 radical (unpaired) electrons. The highest BCUT2D eigenvalue weighted by Crippen LogP contribution is 2.52. The van der Waals surface area contributed by atoms with Crippen LogP contribution in [-0.2, 0) is 0 Å². The molecule has 14 aromatic carbocycles. The molecule has 4 heteroatoms. The Kier molecular flexibility index (Phi) is 12.3. The van der Waals surface area contributed by atoms with E-state index in [1.807, 2.05) is 133 Å². The Morgan fingerprint density at radius 2 is 0.525 bits per heavy atom. The highest BCUT2D eigenvalue weighted by atomic mass is 19.1. The maximum Gasteiger partial charge on any atom is 0.148 e. The fraction of sp³-hybridized carbons (Fsp3) is 0. The van der Waals surface area contributed by atoms with E-state index in [0.29, 0.717) is 11.4 Å². The lowest BCUT2D eigenvalue weighted by atomic mass is 9.90. The summed E-state index contributed by atoms with van der Waals surface area (Å²) in [7, 11) is 0. The second-order valence-corrected chi connectivity index (χ2v) is 20.3. The lowest BCUT2D eigenvalue weighted by molar-refractivity contribution is 0.629. The molecule has 2 nitrogen and oxygen atoms in total. The summed E-state index contributed by atoms with van der Waals surface area (Å²) >= 11 is 0. The third kappa shape index (κ3) is 8.70. The number of benzene rings is 14. The fourth-order valence-electron chi connectivity index (χ4n) is 11.8. The van der Waals surface area contributed by atoms with Gasteiger partial charge < -0.3 is 9.80 Å². The van der Waals surface area contributed by atoms with E-state index in [0.717, 1.165) is 122 Å². The SMILES string of the molecule is Fc1cc(-c2ccccc2)cc(-c2ccccc2)c1N(c1cccc(-c2ccccc2)c1)c1ccc2ccc3c(N(c4cccc(-c5ccccc5)c4)c4c(F)cc(-c5ccccc5)cc4-c4ccccc4)ccc4ccc1c2c43. The van der Waals surface area contributed by atoms with Gasteiger partial charge in [-0.3, -0.25) is 0 Å². The van der Waals surface area contributed by atoms with Gasteiger partial charge in [-0.15, -0.1) is 0 Å². The van der Waals surface area contributed by atoms with Crippen molar-refractivity contribution in [3.63, 3.8) is 0 Å². The van der Waals surface area contributed by atoms with Crippen molar-refractivity contribution in [2.24, 2.45) is 0 Å². The Bertz CT molecular complexity index is 4240. The Labute approximate surface area is 464 Å². The second kappa shape index (κ2) is 20.5. The molecule has 0 aliphatic heterocycles. The molecule has 0 unspecified atom stereocenters. The van der Waals surface area contributed by atoms with Gasteiger partial charge in [0.1, 0.15) is 11.6 Å². The lowest BCUT2D eigenvalue weighted by Gasteiger charge is -2.32. The number of halogens is 2. The number of hydrogen-bond donors (Lipinski definition) is 0. The van der Waals surface area contributed by atoms with Gasteiger partial charge in [-0.25, -0.2) is 8.78 Å². The molecule has 0 fully saturated rings. The molecule has 0 aliphatic rings. The Balaban J connectivity index is 1.04. The first-order chi connectivity index (χ1) is 39.5. The zero-order valence-corrected chi connectivity index (χ0v) is 43.5. The van der Waals surface area contributed by atoms with Crippen LogP contribution < -0.4 is 9.80 Å².